The Bertz CT molecular complexity index is 3880. The number of para-hydroxylation sites is 1. The summed E-state index contributed by atoms with van der Waals surface area (Å²) in [5.41, 5.74) is 19.2. The van der Waals surface area contributed by atoms with Gasteiger partial charge < -0.3 is 13.7 Å². The van der Waals surface area contributed by atoms with Crippen molar-refractivity contribution >= 4 is 92.4 Å². The maximum atomic E-state index is 7.29. The molecular formula is C60H41NO2S. The van der Waals surface area contributed by atoms with Crippen LogP contribution in [0.1, 0.15) is 49.9 Å². The smallest absolute Gasteiger partial charge is 0.144 e. The van der Waals surface area contributed by atoms with Crippen LogP contribution in [-0.2, 0) is 10.8 Å². The van der Waals surface area contributed by atoms with E-state index in [4.69, 9.17) is 8.83 Å². The van der Waals surface area contributed by atoms with Gasteiger partial charge in [-0.3, -0.25) is 0 Å². The minimum absolute atomic E-state index is 0.168. The summed E-state index contributed by atoms with van der Waals surface area (Å²) in [6.45, 7) is 9.45. The molecule has 0 spiro atoms. The van der Waals surface area contributed by atoms with E-state index in [0.29, 0.717) is 0 Å². The summed E-state index contributed by atoms with van der Waals surface area (Å²) < 4.78 is 16.6. The minimum Gasteiger partial charge on any atom is -0.456 e. The van der Waals surface area contributed by atoms with E-state index < -0.39 is 0 Å². The lowest BCUT2D eigenvalue weighted by Crippen LogP contribution is -2.18. The minimum atomic E-state index is -0.168. The fourth-order valence-electron chi connectivity index (χ4n) is 11.6. The molecule has 0 unspecified atom stereocenters. The van der Waals surface area contributed by atoms with Crippen molar-refractivity contribution in [1.82, 2.24) is 0 Å². The summed E-state index contributed by atoms with van der Waals surface area (Å²) in [5, 5.41) is 6.76. The fourth-order valence-corrected chi connectivity index (χ4v) is 12.8. The molecule has 304 valence electrons. The Labute approximate surface area is 374 Å². The molecule has 0 bridgehead atoms. The van der Waals surface area contributed by atoms with Crippen LogP contribution in [0.25, 0.3) is 97.4 Å². The average molecular weight is 840 g/mol. The van der Waals surface area contributed by atoms with E-state index in [1.165, 1.54) is 64.7 Å². The van der Waals surface area contributed by atoms with Crippen molar-refractivity contribution in [3.63, 3.8) is 0 Å². The molecule has 4 heteroatoms. The zero-order valence-electron chi connectivity index (χ0n) is 35.9. The Balaban J connectivity index is 1.08. The maximum Gasteiger partial charge on any atom is 0.144 e. The standard InChI is InChI=1S/C60H41NO2S/c1-59(2)45-21-9-5-15-36(45)38-29-27-34(31-47(38)59)61(35-28-30-39-37-16-6-10-22-46(37)60(3,4)48(39)32-35)49-23-14-25-51-54(49)44-33-52-55(42-18-7-11-24-50(42)62-52)56(57(44)63-51)43-20-13-19-41-40-17-8-12-26-53(40)64-58(41)43/h5-33H,1-4H3. The molecule has 0 amide bonds. The van der Waals surface area contributed by atoms with Crippen molar-refractivity contribution < 1.29 is 8.83 Å². The maximum absolute atomic E-state index is 7.29. The molecule has 0 saturated carbocycles. The number of hydrogen-bond donors (Lipinski definition) is 0. The third-order valence-electron chi connectivity index (χ3n) is 14.7. The Kier molecular flexibility index (Phi) is 7.12. The van der Waals surface area contributed by atoms with Gasteiger partial charge in [0.1, 0.15) is 22.3 Å². The lowest BCUT2D eigenvalue weighted by molar-refractivity contribution is 0.660. The molecule has 0 aliphatic heterocycles. The largest absolute Gasteiger partial charge is 0.456 e. The van der Waals surface area contributed by atoms with Crippen LogP contribution in [0.2, 0.25) is 0 Å². The molecule has 3 aromatic heterocycles. The van der Waals surface area contributed by atoms with E-state index in [-0.39, 0.29) is 10.8 Å². The highest BCUT2D eigenvalue weighted by Gasteiger charge is 2.38. The average Bonchev–Trinajstić information content (AvgIpc) is 4.10. The van der Waals surface area contributed by atoms with Gasteiger partial charge in [0.25, 0.3) is 0 Å². The molecule has 0 N–H and O–H groups in total. The predicted octanol–water partition coefficient (Wildman–Crippen LogP) is 17.6. The van der Waals surface area contributed by atoms with Crippen molar-refractivity contribution in [3.8, 4) is 33.4 Å². The first-order valence-electron chi connectivity index (χ1n) is 22.2. The van der Waals surface area contributed by atoms with Gasteiger partial charge in [-0.25, -0.2) is 0 Å². The second-order valence-corrected chi connectivity index (χ2v) is 19.8. The van der Waals surface area contributed by atoms with Crippen molar-refractivity contribution in [1.29, 1.82) is 0 Å². The van der Waals surface area contributed by atoms with E-state index >= 15 is 0 Å². The van der Waals surface area contributed by atoms with Gasteiger partial charge in [0, 0.05) is 69.7 Å². The predicted molar refractivity (Wildman–Crippen MR) is 269 cm³/mol. The Morgan fingerprint density at radius 2 is 0.969 bits per heavy atom. The van der Waals surface area contributed by atoms with E-state index in [1.54, 1.807) is 0 Å². The van der Waals surface area contributed by atoms with E-state index in [0.717, 1.165) is 72.1 Å². The van der Waals surface area contributed by atoms with Crippen molar-refractivity contribution in [2.24, 2.45) is 0 Å². The Morgan fingerprint density at radius 3 is 1.69 bits per heavy atom. The number of fused-ring (bicyclic) bond motifs is 15. The summed E-state index contributed by atoms with van der Waals surface area (Å²) in [6.07, 6.45) is 0. The van der Waals surface area contributed by atoms with Crippen molar-refractivity contribution in [2.45, 2.75) is 38.5 Å². The number of hydrogen-bond acceptors (Lipinski definition) is 4. The second-order valence-electron chi connectivity index (χ2n) is 18.8. The molecule has 3 nitrogen and oxygen atoms in total. The third kappa shape index (κ3) is 4.70. The van der Waals surface area contributed by atoms with Crippen molar-refractivity contribution in [2.75, 3.05) is 4.90 Å². The first-order chi connectivity index (χ1) is 31.3. The third-order valence-corrected chi connectivity index (χ3v) is 15.9. The number of benzene rings is 9. The summed E-state index contributed by atoms with van der Waals surface area (Å²) in [7, 11) is 0. The summed E-state index contributed by atoms with van der Waals surface area (Å²) in [4.78, 5) is 2.48. The molecule has 0 saturated heterocycles. The van der Waals surface area contributed by atoms with Crippen LogP contribution >= 0.6 is 11.3 Å². The summed E-state index contributed by atoms with van der Waals surface area (Å²) in [6, 6.07) is 64.6. The molecular weight excluding hydrogens is 799 g/mol. The Morgan fingerprint density at radius 1 is 0.406 bits per heavy atom. The highest BCUT2D eigenvalue weighted by atomic mass is 32.1. The van der Waals surface area contributed by atoms with Crippen LogP contribution in [0.3, 0.4) is 0 Å². The van der Waals surface area contributed by atoms with Crippen LogP contribution in [0, 0.1) is 0 Å². The van der Waals surface area contributed by atoms with Gasteiger partial charge in [-0.15, -0.1) is 11.3 Å². The first-order valence-corrected chi connectivity index (χ1v) is 23.1. The monoisotopic (exact) mass is 839 g/mol. The highest BCUT2D eigenvalue weighted by molar-refractivity contribution is 7.26. The van der Waals surface area contributed by atoms with Gasteiger partial charge in [-0.1, -0.05) is 149 Å². The second kappa shape index (κ2) is 12.6. The zero-order valence-corrected chi connectivity index (χ0v) is 36.7. The van der Waals surface area contributed by atoms with Crippen LogP contribution in [0.15, 0.2) is 185 Å². The molecule has 9 aromatic carbocycles. The zero-order chi connectivity index (χ0) is 42.6. The molecule has 14 rings (SSSR count). The van der Waals surface area contributed by atoms with Crippen LogP contribution < -0.4 is 4.90 Å². The lowest BCUT2D eigenvalue weighted by atomic mass is 9.82. The number of thiophene rings is 1. The van der Waals surface area contributed by atoms with E-state index in [9.17, 15) is 0 Å². The molecule has 2 aliphatic rings. The van der Waals surface area contributed by atoms with Crippen LogP contribution in [-0.4, -0.2) is 0 Å². The van der Waals surface area contributed by atoms with Gasteiger partial charge >= 0.3 is 0 Å². The summed E-state index contributed by atoms with van der Waals surface area (Å²) in [5.74, 6) is 0. The van der Waals surface area contributed by atoms with Crippen LogP contribution in [0.5, 0.6) is 0 Å². The van der Waals surface area contributed by atoms with Gasteiger partial charge in [0.2, 0.25) is 0 Å². The van der Waals surface area contributed by atoms with Crippen molar-refractivity contribution in [3.05, 3.63) is 198 Å². The van der Waals surface area contributed by atoms with Crippen LogP contribution in [0.4, 0.5) is 17.1 Å². The molecule has 0 atom stereocenters. The molecule has 64 heavy (non-hydrogen) atoms. The quantitative estimate of drug-likeness (QED) is 0.177. The molecule has 2 aliphatic carbocycles. The van der Waals surface area contributed by atoms with Gasteiger partial charge in [0.15, 0.2) is 0 Å². The fraction of sp³-hybridized carbons (Fsp3) is 0.100. The first kappa shape index (κ1) is 36.1. The number of furan rings is 2. The van der Waals surface area contributed by atoms with Gasteiger partial charge in [-0.2, -0.15) is 0 Å². The molecule has 0 fully saturated rings. The topological polar surface area (TPSA) is 29.5 Å². The Hall–Kier alpha value is -7.40. The number of anilines is 3. The normalized spacial score (nSPS) is 14.5. The lowest BCUT2D eigenvalue weighted by Gasteiger charge is -2.30. The SMILES string of the molecule is CC1(C)c2ccccc2-c2ccc(N(c3ccc4c(c3)C(C)(C)c3ccccc3-4)c3cccc4oc5c(-c6cccc7c6sc6ccccc67)c6c(cc5c34)oc3ccccc36)cc21. The summed E-state index contributed by atoms with van der Waals surface area (Å²) >= 11 is 1.85. The van der Waals surface area contributed by atoms with Gasteiger partial charge in [-0.05, 0) is 99.1 Å². The van der Waals surface area contributed by atoms with E-state index in [1.807, 2.05) is 11.3 Å². The molecule has 0 radical (unpaired) electrons. The number of rotatable bonds is 4. The highest BCUT2D eigenvalue weighted by Crippen LogP contribution is 2.55. The van der Waals surface area contributed by atoms with Gasteiger partial charge in [0.05, 0.1) is 11.1 Å². The molecule has 3 heterocycles. The molecule has 12 aromatic rings. The number of nitrogens with zero attached hydrogens (tertiary/aromatic N) is 1. The van der Waals surface area contributed by atoms with E-state index in [2.05, 4.69) is 209 Å².